The van der Waals surface area contributed by atoms with Gasteiger partial charge in [0.2, 0.25) is 11.8 Å². The lowest BCUT2D eigenvalue weighted by Crippen LogP contribution is -2.48. The van der Waals surface area contributed by atoms with Gasteiger partial charge in [0.05, 0.1) is 12.0 Å². The molecule has 0 bridgehead atoms. The summed E-state index contributed by atoms with van der Waals surface area (Å²) >= 11 is 0. The topological polar surface area (TPSA) is 106 Å². The Bertz CT molecular complexity index is 587. The fourth-order valence-corrected chi connectivity index (χ4v) is 3.46. The lowest BCUT2D eigenvalue weighted by molar-refractivity contribution is -0.138. The molecule has 23 heavy (non-hydrogen) atoms. The van der Waals surface area contributed by atoms with E-state index < -0.39 is 6.03 Å². The maximum Gasteiger partial charge on any atom is 0.314 e. The third-order valence-electron chi connectivity index (χ3n) is 4.70. The molecule has 3 amide bonds. The predicted molar refractivity (Wildman–Crippen MR) is 81.2 cm³/mol. The SMILES string of the molecule is CCc1nc([C@@H]2CCCN2C(=O)[C@H]2CCCN(C(N)=O)C2)no1. The third-order valence-corrected chi connectivity index (χ3v) is 4.70. The number of amides is 3. The Labute approximate surface area is 135 Å². The number of piperidine rings is 1. The number of carbonyl (C=O) groups is 2. The Balaban J connectivity index is 1.71. The number of primary amides is 1. The van der Waals surface area contributed by atoms with Crippen LogP contribution >= 0.6 is 0 Å². The van der Waals surface area contributed by atoms with Gasteiger partial charge in [-0.15, -0.1) is 0 Å². The number of hydrogen-bond acceptors (Lipinski definition) is 5. The molecule has 2 fully saturated rings. The number of aromatic nitrogens is 2. The number of hydrogen-bond donors (Lipinski definition) is 1. The van der Waals surface area contributed by atoms with Crippen LogP contribution in [0.2, 0.25) is 0 Å². The molecule has 0 spiro atoms. The normalized spacial score (nSPS) is 24.9. The zero-order valence-corrected chi connectivity index (χ0v) is 13.4. The quantitative estimate of drug-likeness (QED) is 0.897. The maximum atomic E-state index is 12.9. The smallest absolute Gasteiger partial charge is 0.314 e. The average molecular weight is 321 g/mol. The second-order valence-corrected chi connectivity index (χ2v) is 6.21. The van der Waals surface area contributed by atoms with Crippen LogP contribution in [0.25, 0.3) is 0 Å². The summed E-state index contributed by atoms with van der Waals surface area (Å²) < 4.78 is 5.18. The van der Waals surface area contributed by atoms with Crippen molar-refractivity contribution in [1.29, 1.82) is 0 Å². The van der Waals surface area contributed by atoms with E-state index in [0.717, 1.165) is 25.7 Å². The van der Waals surface area contributed by atoms with Crippen molar-refractivity contribution in [3.8, 4) is 0 Å². The first-order chi connectivity index (χ1) is 11.1. The molecule has 0 aliphatic carbocycles. The minimum Gasteiger partial charge on any atom is -0.351 e. The van der Waals surface area contributed by atoms with Crippen LogP contribution in [0.1, 0.15) is 50.4 Å². The van der Waals surface area contributed by atoms with Crippen molar-refractivity contribution in [2.24, 2.45) is 11.7 Å². The number of nitrogens with zero attached hydrogens (tertiary/aromatic N) is 4. The van der Waals surface area contributed by atoms with E-state index in [9.17, 15) is 9.59 Å². The summed E-state index contributed by atoms with van der Waals surface area (Å²) in [7, 11) is 0. The molecule has 0 aromatic carbocycles. The van der Waals surface area contributed by atoms with Crippen molar-refractivity contribution < 1.29 is 14.1 Å². The average Bonchev–Trinajstić information content (AvgIpc) is 3.22. The fourth-order valence-electron chi connectivity index (χ4n) is 3.46. The lowest BCUT2D eigenvalue weighted by Gasteiger charge is -2.34. The Kier molecular flexibility index (Phi) is 4.49. The van der Waals surface area contributed by atoms with Crippen molar-refractivity contribution >= 4 is 11.9 Å². The monoisotopic (exact) mass is 321 g/mol. The van der Waals surface area contributed by atoms with Crippen molar-refractivity contribution in [3.63, 3.8) is 0 Å². The number of likely N-dealkylation sites (tertiary alicyclic amines) is 2. The number of urea groups is 1. The zero-order chi connectivity index (χ0) is 16.4. The van der Waals surface area contributed by atoms with E-state index in [1.165, 1.54) is 0 Å². The molecule has 2 aliphatic heterocycles. The highest BCUT2D eigenvalue weighted by Gasteiger charge is 2.38. The molecular formula is C15H23N5O3. The molecule has 2 aliphatic rings. The molecule has 2 atom stereocenters. The van der Waals surface area contributed by atoms with E-state index in [1.807, 2.05) is 11.8 Å². The van der Waals surface area contributed by atoms with Gasteiger partial charge in [-0.05, 0) is 25.7 Å². The maximum absolute atomic E-state index is 12.9. The lowest BCUT2D eigenvalue weighted by atomic mass is 9.96. The van der Waals surface area contributed by atoms with Crippen molar-refractivity contribution in [1.82, 2.24) is 19.9 Å². The highest BCUT2D eigenvalue weighted by molar-refractivity contribution is 5.81. The van der Waals surface area contributed by atoms with E-state index in [-0.39, 0.29) is 17.9 Å². The van der Waals surface area contributed by atoms with Gasteiger partial charge in [0, 0.05) is 26.1 Å². The van der Waals surface area contributed by atoms with E-state index >= 15 is 0 Å². The van der Waals surface area contributed by atoms with Gasteiger partial charge < -0.3 is 20.1 Å². The summed E-state index contributed by atoms with van der Waals surface area (Å²) in [6.45, 7) is 3.69. The van der Waals surface area contributed by atoms with E-state index in [4.69, 9.17) is 10.3 Å². The van der Waals surface area contributed by atoms with Gasteiger partial charge in [-0.1, -0.05) is 12.1 Å². The van der Waals surface area contributed by atoms with Crippen LogP contribution in [0.3, 0.4) is 0 Å². The second-order valence-electron chi connectivity index (χ2n) is 6.21. The molecule has 1 aromatic heterocycles. The predicted octanol–water partition coefficient (Wildman–Crippen LogP) is 1.09. The summed E-state index contributed by atoms with van der Waals surface area (Å²) in [5.74, 6) is 1.07. The Hall–Kier alpha value is -2.12. The minimum absolute atomic E-state index is 0.0706. The van der Waals surface area contributed by atoms with Gasteiger partial charge in [0.1, 0.15) is 0 Å². The van der Waals surface area contributed by atoms with Crippen molar-refractivity contribution in [2.75, 3.05) is 19.6 Å². The van der Waals surface area contributed by atoms with Crippen LogP contribution in [0.15, 0.2) is 4.52 Å². The Morgan fingerprint density at radius 2 is 2.09 bits per heavy atom. The summed E-state index contributed by atoms with van der Waals surface area (Å²) in [6.07, 6.45) is 4.06. The van der Waals surface area contributed by atoms with Crippen LogP contribution < -0.4 is 5.73 Å². The number of carbonyl (C=O) groups excluding carboxylic acids is 2. The standard InChI is InChI=1S/C15H23N5O3/c1-2-12-17-13(18-23-12)11-6-4-8-20(11)14(21)10-5-3-7-19(9-10)15(16)22/h10-11H,2-9H2,1H3,(H2,16,22)/t10-,11-/m0/s1. The Morgan fingerprint density at radius 1 is 1.30 bits per heavy atom. The van der Waals surface area contributed by atoms with E-state index in [2.05, 4.69) is 10.1 Å². The van der Waals surface area contributed by atoms with Crippen molar-refractivity contribution in [2.45, 2.75) is 45.1 Å². The number of nitrogens with two attached hydrogens (primary N) is 1. The number of aryl methyl sites for hydroxylation is 1. The van der Waals surface area contributed by atoms with Gasteiger partial charge in [-0.2, -0.15) is 4.98 Å². The molecule has 8 nitrogen and oxygen atoms in total. The van der Waals surface area contributed by atoms with Crippen LogP contribution in [-0.4, -0.2) is 51.5 Å². The fraction of sp³-hybridized carbons (Fsp3) is 0.733. The van der Waals surface area contributed by atoms with E-state index in [0.29, 0.717) is 37.8 Å². The molecule has 3 rings (SSSR count). The molecule has 3 heterocycles. The first-order valence-corrected chi connectivity index (χ1v) is 8.27. The van der Waals surface area contributed by atoms with Crippen LogP contribution in [0, 0.1) is 5.92 Å². The van der Waals surface area contributed by atoms with Crippen LogP contribution in [-0.2, 0) is 11.2 Å². The minimum atomic E-state index is -0.453. The van der Waals surface area contributed by atoms with Gasteiger partial charge in [-0.3, -0.25) is 4.79 Å². The first kappa shape index (κ1) is 15.8. The van der Waals surface area contributed by atoms with Crippen LogP contribution in [0.5, 0.6) is 0 Å². The first-order valence-electron chi connectivity index (χ1n) is 8.27. The highest BCUT2D eigenvalue weighted by atomic mass is 16.5. The molecule has 8 heteroatoms. The third kappa shape index (κ3) is 3.16. The largest absolute Gasteiger partial charge is 0.351 e. The summed E-state index contributed by atoms with van der Waals surface area (Å²) in [4.78, 5) is 32.0. The number of rotatable bonds is 3. The van der Waals surface area contributed by atoms with Gasteiger partial charge >= 0.3 is 6.03 Å². The second kappa shape index (κ2) is 6.55. The molecular weight excluding hydrogens is 298 g/mol. The molecule has 2 saturated heterocycles. The molecule has 0 radical (unpaired) electrons. The van der Waals surface area contributed by atoms with E-state index in [1.54, 1.807) is 4.90 Å². The van der Waals surface area contributed by atoms with Crippen molar-refractivity contribution in [3.05, 3.63) is 11.7 Å². The van der Waals surface area contributed by atoms with Gasteiger partial charge in [-0.25, -0.2) is 4.79 Å². The Morgan fingerprint density at radius 3 is 2.78 bits per heavy atom. The molecule has 0 saturated carbocycles. The van der Waals surface area contributed by atoms with Gasteiger partial charge in [0.25, 0.3) is 0 Å². The molecule has 126 valence electrons. The summed E-state index contributed by atoms with van der Waals surface area (Å²) in [6, 6.07) is -0.568. The van der Waals surface area contributed by atoms with Gasteiger partial charge in [0.15, 0.2) is 5.82 Å². The summed E-state index contributed by atoms with van der Waals surface area (Å²) in [5.41, 5.74) is 5.35. The molecule has 1 aromatic rings. The highest BCUT2D eigenvalue weighted by Crippen LogP contribution is 2.33. The van der Waals surface area contributed by atoms with Crippen LogP contribution in [0.4, 0.5) is 4.79 Å². The molecule has 0 unspecified atom stereocenters. The molecule has 2 N–H and O–H groups in total. The zero-order valence-electron chi connectivity index (χ0n) is 13.4. The summed E-state index contributed by atoms with van der Waals surface area (Å²) in [5, 5.41) is 4.03.